The molecular formula is C26H30N6O2. The smallest absolute Gasteiger partial charge is 0.270 e. The predicted octanol–water partition coefficient (Wildman–Crippen LogP) is 2.63. The van der Waals surface area contributed by atoms with E-state index in [1.54, 1.807) is 0 Å². The maximum Gasteiger partial charge on any atom is 0.270 e. The third-order valence-corrected chi connectivity index (χ3v) is 7.52. The van der Waals surface area contributed by atoms with Crippen molar-refractivity contribution in [3.8, 4) is 0 Å². The summed E-state index contributed by atoms with van der Waals surface area (Å²) in [5.41, 5.74) is 5.10. The number of piperazine rings is 1. The number of rotatable bonds is 6. The number of aromatic amines is 1. The molecule has 0 bridgehead atoms. The zero-order chi connectivity index (χ0) is 23.2. The summed E-state index contributed by atoms with van der Waals surface area (Å²) in [6, 6.07) is 9.13. The minimum Gasteiger partial charge on any atom is -0.364 e. The molecule has 1 amide bonds. The summed E-state index contributed by atoms with van der Waals surface area (Å²) in [6.07, 6.45) is 8.97. The lowest BCUT2D eigenvalue weighted by Crippen LogP contribution is -2.64. The lowest BCUT2D eigenvalue weighted by Gasteiger charge is -2.54. The molecule has 3 fully saturated rings. The molecule has 2 saturated carbocycles. The van der Waals surface area contributed by atoms with Gasteiger partial charge in [-0.15, -0.1) is 0 Å². The van der Waals surface area contributed by atoms with E-state index in [-0.39, 0.29) is 11.5 Å². The van der Waals surface area contributed by atoms with Crippen LogP contribution in [0.5, 0.6) is 0 Å². The molecule has 1 aliphatic heterocycles. The van der Waals surface area contributed by atoms with Crippen molar-refractivity contribution in [3.05, 3.63) is 63.8 Å². The molecule has 1 saturated heterocycles. The second-order valence-corrected chi connectivity index (χ2v) is 9.78. The Hall–Kier alpha value is -3.26. The van der Waals surface area contributed by atoms with Gasteiger partial charge in [-0.05, 0) is 61.9 Å². The Morgan fingerprint density at radius 1 is 1.09 bits per heavy atom. The number of anilines is 1. The zero-order valence-corrected chi connectivity index (χ0v) is 19.5. The van der Waals surface area contributed by atoms with Crippen LogP contribution in [0.3, 0.4) is 0 Å². The molecule has 3 aliphatic rings. The van der Waals surface area contributed by atoms with Gasteiger partial charge in [0.25, 0.3) is 11.5 Å². The molecule has 8 heteroatoms. The topological polar surface area (TPSA) is 94.2 Å². The van der Waals surface area contributed by atoms with Crippen molar-refractivity contribution < 1.29 is 4.79 Å². The van der Waals surface area contributed by atoms with Gasteiger partial charge < -0.3 is 15.2 Å². The third-order valence-electron chi connectivity index (χ3n) is 7.52. The minimum absolute atomic E-state index is 0.0220. The molecule has 4 heterocycles. The maximum atomic E-state index is 12.2. The number of carbonyl (C=O) groups excluding carboxylic acids is 1. The first kappa shape index (κ1) is 21.3. The number of nitrogens with zero attached hydrogens (tertiary/aromatic N) is 4. The monoisotopic (exact) mass is 458 g/mol. The van der Waals surface area contributed by atoms with Crippen LogP contribution in [0.15, 0.2) is 41.5 Å². The highest BCUT2D eigenvalue weighted by molar-refractivity contribution is 5.92. The van der Waals surface area contributed by atoms with Crippen LogP contribution in [-0.4, -0.2) is 57.0 Å². The van der Waals surface area contributed by atoms with E-state index in [4.69, 9.17) is 0 Å². The van der Waals surface area contributed by atoms with Crippen LogP contribution in [0.2, 0.25) is 0 Å². The van der Waals surface area contributed by atoms with Crippen LogP contribution in [0.1, 0.15) is 54.2 Å². The van der Waals surface area contributed by atoms with Crippen molar-refractivity contribution >= 4 is 22.6 Å². The number of amides is 1. The Balaban J connectivity index is 1.14. The van der Waals surface area contributed by atoms with Crippen molar-refractivity contribution in [3.63, 3.8) is 0 Å². The fourth-order valence-electron chi connectivity index (χ4n) is 5.27. The second-order valence-electron chi connectivity index (χ2n) is 9.78. The molecule has 2 N–H and O–H groups in total. The molecular weight excluding hydrogens is 428 g/mol. The van der Waals surface area contributed by atoms with E-state index in [0.717, 1.165) is 66.7 Å². The van der Waals surface area contributed by atoms with E-state index in [1.165, 1.54) is 6.42 Å². The van der Waals surface area contributed by atoms with Crippen molar-refractivity contribution in [2.75, 3.05) is 18.0 Å². The molecule has 3 aromatic heterocycles. The summed E-state index contributed by atoms with van der Waals surface area (Å²) in [6.45, 7) is 4.69. The van der Waals surface area contributed by atoms with Crippen LogP contribution >= 0.6 is 0 Å². The van der Waals surface area contributed by atoms with Gasteiger partial charge in [-0.3, -0.25) is 19.5 Å². The number of carbonyl (C=O) groups is 1. The second kappa shape index (κ2) is 8.51. The number of nitrogens with one attached hydrogen (secondary N) is 2. The fraction of sp³-hybridized carbons (Fsp3) is 0.462. The Morgan fingerprint density at radius 2 is 1.94 bits per heavy atom. The normalized spacial score (nSPS) is 22.3. The van der Waals surface area contributed by atoms with Gasteiger partial charge in [0.05, 0.1) is 22.9 Å². The summed E-state index contributed by atoms with van der Waals surface area (Å²) in [4.78, 5) is 41.5. The van der Waals surface area contributed by atoms with E-state index in [0.29, 0.717) is 30.2 Å². The maximum absolute atomic E-state index is 12.2. The Bertz CT molecular complexity index is 1280. The van der Waals surface area contributed by atoms with Crippen LogP contribution in [0, 0.1) is 0 Å². The van der Waals surface area contributed by atoms with Gasteiger partial charge in [0.2, 0.25) is 0 Å². The molecule has 2 atom stereocenters. The molecule has 2 unspecified atom stereocenters. The Morgan fingerprint density at radius 3 is 2.65 bits per heavy atom. The summed E-state index contributed by atoms with van der Waals surface area (Å²) in [7, 11) is 0. The first-order valence-electron chi connectivity index (χ1n) is 12.4. The average molecular weight is 459 g/mol. The summed E-state index contributed by atoms with van der Waals surface area (Å²) < 4.78 is 0. The first-order valence-corrected chi connectivity index (χ1v) is 12.4. The first-order chi connectivity index (χ1) is 16.6. The van der Waals surface area contributed by atoms with E-state index in [2.05, 4.69) is 36.1 Å². The van der Waals surface area contributed by atoms with E-state index in [9.17, 15) is 9.59 Å². The molecule has 0 radical (unpaired) electrons. The van der Waals surface area contributed by atoms with Gasteiger partial charge in [-0.25, -0.2) is 4.98 Å². The highest BCUT2D eigenvalue weighted by Crippen LogP contribution is 2.37. The molecule has 6 rings (SSSR count). The molecule has 0 aromatic carbocycles. The van der Waals surface area contributed by atoms with Gasteiger partial charge in [-0.2, -0.15) is 0 Å². The molecule has 3 aromatic rings. The van der Waals surface area contributed by atoms with Gasteiger partial charge in [-0.1, -0.05) is 6.92 Å². The summed E-state index contributed by atoms with van der Waals surface area (Å²) in [5, 5.41) is 3.00. The van der Waals surface area contributed by atoms with Gasteiger partial charge in [0.15, 0.2) is 0 Å². The Kier molecular flexibility index (Phi) is 5.32. The number of pyridine rings is 3. The molecule has 8 nitrogen and oxygen atoms in total. The fourth-order valence-corrected chi connectivity index (χ4v) is 5.27. The number of aryl methyl sites for hydroxylation is 1. The number of hydrogen-bond donors (Lipinski definition) is 2. The van der Waals surface area contributed by atoms with Gasteiger partial charge in [0.1, 0.15) is 5.69 Å². The van der Waals surface area contributed by atoms with E-state index < -0.39 is 0 Å². The standard InChI is InChI=1S/C26H30N6O2/c1-2-17-12-21-22(30-25(17)33)11-16(13-27-21)15-31-9-10-32(24-8-7-23(24)31)19-5-6-20(28-14-19)26(34)29-18-3-4-18/h5-6,11-14,18,23-24H,2-4,7-10,15H2,1H3,(H,29,34)(H,30,33). The molecule has 34 heavy (non-hydrogen) atoms. The zero-order valence-electron chi connectivity index (χ0n) is 19.5. The summed E-state index contributed by atoms with van der Waals surface area (Å²) in [5.74, 6) is -0.0725. The number of hydrogen-bond acceptors (Lipinski definition) is 6. The average Bonchev–Trinajstić information content (AvgIpc) is 3.63. The van der Waals surface area contributed by atoms with Crippen LogP contribution in [0.25, 0.3) is 11.0 Å². The largest absolute Gasteiger partial charge is 0.364 e. The van der Waals surface area contributed by atoms with E-state index >= 15 is 0 Å². The third kappa shape index (κ3) is 3.96. The van der Waals surface area contributed by atoms with Crippen LogP contribution in [0.4, 0.5) is 5.69 Å². The number of H-pyrrole nitrogens is 1. The van der Waals surface area contributed by atoms with Crippen molar-refractivity contribution in [2.24, 2.45) is 0 Å². The van der Waals surface area contributed by atoms with Crippen molar-refractivity contribution in [1.82, 2.24) is 25.2 Å². The molecule has 2 aliphatic carbocycles. The number of fused-ring (bicyclic) bond motifs is 2. The Labute approximate surface area is 198 Å². The highest BCUT2D eigenvalue weighted by atomic mass is 16.2. The van der Waals surface area contributed by atoms with Crippen molar-refractivity contribution in [1.29, 1.82) is 0 Å². The lowest BCUT2D eigenvalue weighted by molar-refractivity contribution is 0.0658. The minimum atomic E-state index is -0.0725. The molecule has 176 valence electrons. The van der Waals surface area contributed by atoms with Crippen molar-refractivity contribution in [2.45, 2.75) is 63.7 Å². The van der Waals surface area contributed by atoms with Crippen LogP contribution < -0.4 is 15.8 Å². The van der Waals surface area contributed by atoms with Gasteiger partial charge >= 0.3 is 0 Å². The summed E-state index contributed by atoms with van der Waals surface area (Å²) >= 11 is 0. The van der Waals surface area contributed by atoms with Gasteiger partial charge in [0, 0.05) is 49.5 Å². The predicted molar refractivity (Wildman–Crippen MR) is 131 cm³/mol. The van der Waals surface area contributed by atoms with E-state index in [1.807, 2.05) is 37.5 Å². The lowest BCUT2D eigenvalue weighted by atomic mass is 9.81. The highest BCUT2D eigenvalue weighted by Gasteiger charge is 2.43. The number of aromatic nitrogens is 3. The SMILES string of the molecule is CCc1cc2ncc(CN3CCN(c4ccc(C(=O)NC5CC5)nc4)C4CCC43)cc2[nH]c1=O. The quantitative estimate of drug-likeness (QED) is 0.590. The molecule has 0 spiro atoms. The van der Waals surface area contributed by atoms with Crippen LogP contribution in [-0.2, 0) is 13.0 Å².